The monoisotopic (exact) mass is 220 g/mol. The number of rotatable bonds is 5. The van der Waals surface area contributed by atoms with E-state index in [-0.39, 0.29) is 11.2 Å². The summed E-state index contributed by atoms with van der Waals surface area (Å²) in [4.78, 5) is 0. The highest BCUT2D eigenvalue weighted by Crippen LogP contribution is 2.60. The van der Waals surface area contributed by atoms with Crippen molar-refractivity contribution in [2.45, 2.75) is 38.4 Å². The van der Waals surface area contributed by atoms with Gasteiger partial charge in [-0.05, 0) is 26.3 Å². The van der Waals surface area contributed by atoms with Crippen molar-refractivity contribution < 1.29 is 9.47 Å². The van der Waals surface area contributed by atoms with Crippen LogP contribution in [0, 0.1) is 0 Å². The van der Waals surface area contributed by atoms with Gasteiger partial charge in [0.2, 0.25) is 0 Å². The Morgan fingerprint density at radius 1 is 1.06 bits per heavy atom. The van der Waals surface area contributed by atoms with Crippen LogP contribution < -0.4 is 0 Å². The molecule has 0 aromatic heterocycles. The van der Waals surface area contributed by atoms with Gasteiger partial charge in [0.1, 0.15) is 11.2 Å². The maximum atomic E-state index is 5.97. The normalized spacial score (nSPS) is 32.7. The first-order valence-electron chi connectivity index (χ1n) is 6.02. The highest BCUT2D eigenvalue weighted by molar-refractivity contribution is 5.36. The molecule has 0 unspecified atom stereocenters. The Morgan fingerprint density at radius 3 is 2.25 bits per heavy atom. The second-order valence-corrected chi connectivity index (χ2v) is 4.47. The van der Waals surface area contributed by atoms with E-state index in [9.17, 15) is 0 Å². The van der Waals surface area contributed by atoms with Gasteiger partial charge in [-0.2, -0.15) is 0 Å². The summed E-state index contributed by atoms with van der Waals surface area (Å²) < 4.78 is 11.8. The van der Waals surface area contributed by atoms with Crippen LogP contribution in [0.15, 0.2) is 30.3 Å². The molecule has 0 saturated heterocycles. The van der Waals surface area contributed by atoms with E-state index in [1.54, 1.807) is 0 Å². The van der Waals surface area contributed by atoms with Crippen molar-refractivity contribution >= 4 is 0 Å². The van der Waals surface area contributed by atoms with Crippen molar-refractivity contribution in [1.29, 1.82) is 0 Å². The molecule has 0 spiro atoms. The molecule has 0 radical (unpaired) electrons. The van der Waals surface area contributed by atoms with Crippen LogP contribution >= 0.6 is 0 Å². The minimum absolute atomic E-state index is 0.154. The standard InChI is InChI=1S/C14H20O2/c1-4-15-13(3)11-14(13,16-5-2)12-9-7-6-8-10-12/h6-10H,4-5,11H2,1-3H3/t13-,14-/m0/s1. The largest absolute Gasteiger partial charge is 0.372 e. The summed E-state index contributed by atoms with van der Waals surface area (Å²) in [6.07, 6.45) is 0.950. The van der Waals surface area contributed by atoms with Crippen LogP contribution in [0.2, 0.25) is 0 Å². The van der Waals surface area contributed by atoms with Crippen molar-refractivity contribution in [2.75, 3.05) is 13.2 Å². The van der Waals surface area contributed by atoms with Gasteiger partial charge in [-0.25, -0.2) is 0 Å². The lowest BCUT2D eigenvalue weighted by atomic mass is 10.0. The predicted molar refractivity (Wildman–Crippen MR) is 64.4 cm³/mol. The summed E-state index contributed by atoms with van der Waals surface area (Å²) in [5, 5.41) is 0. The molecule has 0 amide bonds. The fourth-order valence-corrected chi connectivity index (χ4v) is 2.57. The van der Waals surface area contributed by atoms with E-state index in [1.807, 2.05) is 19.9 Å². The molecule has 2 heteroatoms. The fourth-order valence-electron chi connectivity index (χ4n) is 2.57. The molecule has 88 valence electrons. The number of hydrogen-bond donors (Lipinski definition) is 0. The van der Waals surface area contributed by atoms with Gasteiger partial charge in [0.25, 0.3) is 0 Å². The topological polar surface area (TPSA) is 18.5 Å². The third-order valence-electron chi connectivity index (χ3n) is 3.41. The summed E-state index contributed by atoms with van der Waals surface area (Å²) in [7, 11) is 0. The summed E-state index contributed by atoms with van der Waals surface area (Å²) in [6.45, 7) is 7.66. The minimum atomic E-state index is -0.223. The van der Waals surface area contributed by atoms with Crippen LogP contribution in [0.3, 0.4) is 0 Å². The van der Waals surface area contributed by atoms with E-state index in [0.29, 0.717) is 0 Å². The van der Waals surface area contributed by atoms with Crippen molar-refractivity contribution in [2.24, 2.45) is 0 Å². The third-order valence-corrected chi connectivity index (χ3v) is 3.41. The van der Waals surface area contributed by atoms with Crippen molar-refractivity contribution in [1.82, 2.24) is 0 Å². The Kier molecular flexibility index (Phi) is 3.04. The van der Waals surface area contributed by atoms with Crippen LogP contribution in [0.25, 0.3) is 0 Å². The first-order chi connectivity index (χ1) is 7.68. The zero-order valence-electron chi connectivity index (χ0n) is 10.3. The van der Waals surface area contributed by atoms with Crippen molar-refractivity contribution in [3.05, 3.63) is 35.9 Å². The summed E-state index contributed by atoms with van der Waals surface area (Å²) in [6, 6.07) is 10.4. The fraction of sp³-hybridized carbons (Fsp3) is 0.571. The number of benzene rings is 1. The SMILES string of the molecule is CCO[C@]1(c2ccccc2)C[C@]1(C)OCC. The Labute approximate surface area is 97.6 Å². The van der Waals surface area contributed by atoms with Gasteiger partial charge in [0, 0.05) is 19.6 Å². The van der Waals surface area contributed by atoms with Crippen molar-refractivity contribution in [3.63, 3.8) is 0 Å². The van der Waals surface area contributed by atoms with Gasteiger partial charge in [-0.1, -0.05) is 30.3 Å². The molecule has 1 aliphatic rings. The maximum Gasteiger partial charge on any atom is 0.125 e. The maximum absolute atomic E-state index is 5.97. The smallest absolute Gasteiger partial charge is 0.125 e. The second kappa shape index (κ2) is 4.19. The third kappa shape index (κ3) is 1.66. The van der Waals surface area contributed by atoms with Crippen LogP contribution in [-0.4, -0.2) is 18.8 Å². The van der Waals surface area contributed by atoms with Crippen LogP contribution in [0.1, 0.15) is 32.8 Å². The van der Waals surface area contributed by atoms with Crippen LogP contribution in [0.5, 0.6) is 0 Å². The van der Waals surface area contributed by atoms with Crippen LogP contribution in [-0.2, 0) is 15.1 Å². The Balaban J connectivity index is 2.27. The van der Waals surface area contributed by atoms with Gasteiger partial charge in [-0.3, -0.25) is 0 Å². The average molecular weight is 220 g/mol. The van der Waals surface area contributed by atoms with E-state index >= 15 is 0 Å². The lowest BCUT2D eigenvalue weighted by Crippen LogP contribution is -2.27. The first kappa shape index (κ1) is 11.6. The lowest BCUT2D eigenvalue weighted by molar-refractivity contribution is -0.0613. The Morgan fingerprint density at radius 2 is 1.69 bits per heavy atom. The molecule has 2 nitrogen and oxygen atoms in total. The van der Waals surface area contributed by atoms with E-state index < -0.39 is 0 Å². The highest BCUT2D eigenvalue weighted by atomic mass is 16.6. The molecular weight excluding hydrogens is 200 g/mol. The number of hydrogen-bond acceptors (Lipinski definition) is 2. The first-order valence-corrected chi connectivity index (χ1v) is 6.02. The highest BCUT2D eigenvalue weighted by Gasteiger charge is 2.68. The molecule has 1 aromatic carbocycles. The average Bonchev–Trinajstić information content (AvgIpc) is 2.87. The zero-order valence-corrected chi connectivity index (χ0v) is 10.3. The number of ether oxygens (including phenoxy) is 2. The summed E-state index contributed by atoms with van der Waals surface area (Å²) in [5.74, 6) is 0. The minimum Gasteiger partial charge on any atom is -0.372 e. The Bertz CT molecular complexity index is 349. The molecule has 1 aromatic rings. The van der Waals surface area contributed by atoms with E-state index in [2.05, 4.69) is 31.2 Å². The van der Waals surface area contributed by atoms with Gasteiger partial charge < -0.3 is 9.47 Å². The molecular formula is C14H20O2. The summed E-state index contributed by atoms with van der Waals surface area (Å²) >= 11 is 0. The Hall–Kier alpha value is -0.860. The predicted octanol–water partition coefficient (Wildman–Crippen LogP) is 3.12. The molecule has 1 saturated carbocycles. The quantitative estimate of drug-likeness (QED) is 0.759. The molecule has 0 N–H and O–H groups in total. The van der Waals surface area contributed by atoms with Gasteiger partial charge in [-0.15, -0.1) is 0 Å². The van der Waals surface area contributed by atoms with E-state index in [1.165, 1.54) is 5.56 Å². The van der Waals surface area contributed by atoms with Gasteiger partial charge in [0.15, 0.2) is 0 Å². The van der Waals surface area contributed by atoms with E-state index in [4.69, 9.17) is 9.47 Å². The molecule has 1 aliphatic carbocycles. The molecule has 2 atom stereocenters. The zero-order chi connectivity index (χ0) is 11.6. The van der Waals surface area contributed by atoms with Gasteiger partial charge >= 0.3 is 0 Å². The summed E-state index contributed by atoms with van der Waals surface area (Å²) in [5.41, 5.74) is 0.853. The molecule has 16 heavy (non-hydrogen) atoms. The van der Waals surface area contributed by atoms with Crippen LogP contribution in [0.4, 0.5) is 0 Å². The molecule has 0 aliphatic heterocycles. The van der Waals surface area contributed by atoms with Crippen molar-refractivity contribution in [3.8, 4) is 0 Å². The van der Waals surface area contributed by atoms with Gasteiger partial charge in [0.05, 0.1) is 0 Å². The molecule has 0 bridgehead atoms. The van der Waals surface area contributed by atoms with E-state index in [0.717, 1.165) is 19.6 Å². The molecule has 2 rings (SSSR count). The molecule has 0 heterocycles. The molecule has 1 fully saturated rings. The second-order valence-electron chi connectivity index (χ2n) is 4.47. The lowest BCUT2D eigenvalue weighted by Gasteiger charge is -2.23.